The Labute approximate surface area is 130 Å². The average molecular weight is 282 g/mol. The molecule has 22 heavy (non-hydrogen) atoms. The highest BCUT2D eigenvalue weighted by Gasteiger charge is 2.83. The zero-order valence-electron chi connectivity index (χ0n) is 12.5. The summed E-state index contributed by atoms with van der Waals surface area (Å²) in [7, 11) is 0. The fourth-order valence-electron chi connectivity index (χ4n) is 7.94. The minimum absolute atomic E-state index is 0.446. The van der Waals surface area contributed by atoms with Crippen LogP contribution in [0.15, 0.2) is 60.7 Å². The monoisotopic (exact) mass is 282 g/mol. The highest BCUT2D eigenvalue weighted by Crippen LogP contribution is 2.87. The van der Waals surface area contributed by atoms with Crippen LogP contribution in [-0.4, -0.2) is 0 Å². The minimum atomic E-state index is 0.446. The lowest BCUT2D eigenvalue weighted by Gasteiger charge is -2.64. The summed E-state index contributed by atoms with van der Waals surface area (Å²) in [6.07, 6.45) is 7.93. The van der Waals surface area contributed by atoms with Crippen LogP contribution in [0.4, 0.5) is 0 Å². The topological polar surface area (TPSA) is 0 Å². The maximum absolute atomic E-state index is 2.57. The molecule has 0 heterocycles. The fraction of sp³-hybridized carbons (Fsp3) is 0.364. The van der Waals surface area contributed by atoms with Gasteiger partial charge in [-0.1, -0.05) is 60.7 Å². The summed E-state index contributed by atoms with van der Waals surface area (Å²) in [6, 6.07) is 18.8. The van der Waals surface area contributed by atoms with E-state index in [4.69, 9.17) is 0 Å². The molecule has 0 unspecified atom stereocenters. The third-order valence-corrected chi connectivity index (χ3v) is 8.07. The van der Waals surface area contributed by atoms with Crippen molar-refractivity contribution in [2.45, 2.75) is 35.5 Å². The molecule has 0 saturated heterocycles. The molecule has 6 atom stereocenters. The SMILES string of the molecule is C1=C[C@H]2C[C@H]1[C@]13c4ccccc4[C@]21[C@H]1C[C@H]3c2ccccc21. The molecule has 4 bridgehead atoms. The molecule has 2 aromatic rings. The lowest BCUT2D eigenvalue weighted by molar-refractivity contribution is 0.135. The van der Waals surface area contributed by atoms with Crippen molar-refractivity contribution in [3.8, 4) is 0 Å². The van der Waals surface area contributed by atoms with Crippen molar-refractivity contribution in [2.75, 3.05) is 0 Å². The van der Waals surface area contributed by atoms with Gasteiger partial charge in [-0.05, 0) is 58.8 Å². The second kappa shape index (κ2) is 2.97. The first-order valence-electron chi connectivity index (χ1n) is 8.77. The first-order chi connectivity index (χ1) is 10.9. The summed E-state index contributed by atoms with van der Waals surface area (Å²) in [5.41, 5.74) is 7.66. The Morgan fingerprint density at radius 2 is 1.14 bits per heavy atom. The Bertz CT molecular complexity index is 820. The van der Waals surface area contributed by atoms with Crippen LogP contribution < -0.4 is 0 Å². The van der Waals surface area contributed by atoms with E-state index in [1.807, 2.05) is 0 Å². The van der Waals surface area contributed by atoms with Crippen molar-refractivity contribution in [1.29, 1.82) is 0 Å². The number of rotatable bonds is 0. The molecule has 0 radical (unpaired) electrons. The maximum Gasteiger partial charge on any atom is 0.0196 e. The molecule has 0 heteroatoms. The quantitative estimate of drug-likeness (QED) is 0.616. The molecule has 5 aliphatic rings. The van der Waals surface area contributed by atoms with Crippen LogP contribution >= 0.6 is 0 Å². The van der Waals surface area contributed by atoms with E-state index in [0.29, 0.717) is 10.8 Å². The number of allylic oxidation sites excluding steroid dienone is 2. The molecule has 0 N–H and O–H groups in total. The van der Waals surface area contributed by atoms with Gasteiger partial charge in [0.05, 0.1) is 0 Å². The van der Waals surface area contributed by atoms with Gasteiger partial charge in [0.2, 0.25) is 0 Å². The van der Waals surface area contributed by atoms with Crippen LogP contribution in [0.5, 0.6) is 0 Å². The van der Waals surface area contributed by atoms with Crippen LogP contribution in [0.2, 0.25) is 0 Å². The van der Waals surface area contributed by atoms with Gasteiger partial charge in [0, 0.05) is 10.8 Å². The van der Waals surface area contributed by atoms with E-state index in [2.05, 4.69) is 60.7 Å². The fourth-order valence-corrected chi connectivity index (χ4v) is 7.94. The highest BCUT2D eigenvalue weighted by molar-refractivity contribution is 5.72. The molecule has 2 fully saturated rings. The first-order valence-corrected chi connectivity index (χ1v) is 8.77. The molecule has 0 nitrogen and oxygen atoms in total. The number of benzene rings is 2. The Morgan fingerprint density at radius 1 is 0.636 bits per heavy atom. The van der Waals surface area contributed by atoms with Gasteiger partial charge in [-0.25, -0.2) is 0 Å². The molecule has 0 spiro atoms. The highest BCUT2D eigenvalue weighted by atomic mass is 14.8. The third kappa shape index (κ3) is 0.722. The van der Waals surface area contributed by atoms with Crippen LogP contribution in [0.1, 0.15) is 46.9 Å². The Morgan fingerprint density at radius 3 is 1.68 bits per heavy atom. The van der Waals surface area contributed by atoms with Crippen molar-refractivity contribution in [2.24, 2.45) is 11.8 Å². The summed E-state index contributed by atoms with van der Waals surface area (Å²) in [4.78, 5) is 0. The van der Waals surface area contributed by atoms with Crippen molar-refractivity contribution >= 4 is 0 Å². The van der Waals surface area contributed by atoms with Gasteiger partial charge in [-0.2, -0.15) is 0 Å². The number of fused-ring (bicyclic) bond motifs is 8. The van der Waals surface area contributed by atoms with E-state index in [-0.39, 0.29) is 0 Å². The first kappa shape index (κ1) is 10.8. The molecular formula is C22H18. The van der Waals surface area contributed by atoms with Crippen molar-refractivity contribution in [3.63, 3.8) is 0 Å². The van der Waals surface area contributed by atoms with Crippen molar-refractivity contribution in [1.82, 2.24) is 0 Å². The van der Waals surface area contributed by atoms with E-state index in [1.165, 1.54) is 12.8 Å². The number of hydrogen-bond donors (Lipinski definition) is 0. The van der Waals surface area contributed by atoms with Crippen LogP contribution in [0.3, 0.4) is 0 Å². The Balaban J connectivity index is 1.65. The lowest BCUT2D eigenvalue weighted by atomic mass is 9.38. The van der Waals surface area contributed by atoms with Crippen molar-refractivity contribution < 1.29 is 0 Å². The van der Waals surface area contributed by atoms with E-state index < -0.39 is 0 Å². The predicted molar refractivity (Wildman–Crippen MR) is 87.1 cm³/mol. The van der Waals surface area contributed by atoms with Gasteiger partial charge < -0.3 is 0 Å². The summed E-state index contributed by atoms with van der Waals surface area (Å²) in [5, 5.41) is 0. The lowest BCUT2D eigenvalue weighted by Crippen LogP contribution is -2.62. The largest absolute Gasteiger partial charge is 0.0841 e. The number of hydrogen-bond acceptors (Lipinski definition) is 0. The van der Waals surface area contributed by atoms with Crippen LogP contribution in [0.25, 0.3) is 0 Å². The average Bonchev–Trinajstić information content (AvgIpc) is 3.27. The van der Waals surface area contributed by atoms with Crippen molar-refractivity contribution in [3.05, 3.63) is 82.9 Å². The Kier molecular flexibility index (Phi) is 1.46. The molecule has 2 aromatic carbocycles. The second-order valence-corrected chi connectivity index (χ2v) is 8.09. The molecule has 0 amide bonds. The van der Waals surface area contributed by atoms with Gasteiger partial charge in [0.1, 0.15) is 0 Å². The van der Waals surface area contributed by atoms with Gasteiger partial charge in [0.15, 0.2) is 0 Å². The molecule has 7 rings (SSSR count). The van der Waals surface area contributed by atoms with Gasteiger partial charge in [0.25, 0.3) is 0 Å². The molecule has 106 valence electrons. The molecular weight excluding hydrogens is 264 g/mol. The van der Waals surface area contributed by atoms with E-state index in [1.54, 1.807) is 22.3 Å². The molecule has 5 aliphatic carbocycles. The van der Waals surface area contributed by atoms with Crippen LogP contribution in [0, 0.1) is 11.8 Å². The van der Waals surface area contributed by atoms with E-state index in [0.717, 1.165) is 23.7 Å². The summed E-state index contributed by atoms with van der Waals surface area (Å²) in [5.74, 6) is 3.11. The van der Waals surface area contributed by atoms with E-state index >= 15 is 0 Å². The zero-order valence-corrected chi connectivity index (χ0v) is 12.5. The summed E-state index contributed by atoms with van der Waals surface area (Å²) in [6.45, 7) is 0. The standard InChI is InChI=1S/C22H18/c1-2-6-16-15(5-1)19-12-20(16)22-14-10-9-13(11-14)21(19,22)17-7-3-4-8-18(17)22/h1-10,13-14,19-20H,11-12H2/t13-,14-,19-,20-,21-,22+/m0/s1. The molecule has 0 aliphatic heterocycles. The maximum atomic E-state index is 2.57. The Hall–Kier alpha value is -1.82. The van der Waals surface area contributed by atoms with Crippen LogP contribution in [-0.2, 0) is 10.8 Å². The van der Waals surface area contributed by atoms with E-state index in [9.17, 15) is 0 Å². The third-order valence-electron chi connectivity index (χ3n) is 8.07. The second-order valence-electron chi connectivity index (χ2n) is 8.09. The summed E-state index contributed by atoms with van der Waals surface area (Å²) >= 11 is 0. The zero-order chi connectivity index (χ0) is 14.1. The predicted octanol–water partition coefficient (Wildman–Crippen LogP) is 4.67. The van der Waals surface area contributed by atoms with Gasteiger partial charge >= 0.3 is 0 Å². The van der Waals surface area contributed by atoms with Gasteiger partial charge in [-0.15, -0.1) is 0 Å². The summed E-state index contributed by atoms with van der Waals surface area (Å²) < 4.78 is 0. The minimum Gasteiger partial charge on any atom is -0.0841 e. The smallest absolute Gasteiger partial charge is 0.0196 e. The normalized spacial score (nSPS) is 46.9. The van der Waals surface area contributed by atoms with Gasteiger partial charge in [-0.3, -0.25) is 0 Å². The molecule has 0 aromatic heterocycles. The molecule has 2 saturated carbocycles.